The standard InChI is InChI=1S/C16H28N2O2/c1-2-20-14-11-13(16(14)7-6-8-16)17-12-15(19)18-9-4-3-5-10-18/h13-14,17H,2-12H2,1H3. The van der Waals surface area contributed by atoms with Crippen LogP contribution in [0.25, 0.3) is 0 Å². The number of hydrogen-bond acceptors (Lipinski definition) is 3. The van der Waals surface area contributed by atoms with Crippen LogP contribution in [0.5, 0.6) is 0 Å². The molecule has 4 nitrogen and oxygen atoms in total. The van der Waals surface area contributed by atoms with E-state index in [-0.39, 0.29) is 0 Å². The molecule has 0 bridgehead atoms. The lowest BCUT2D eigenvalue weighted by Gasteiger charge is -2.61. The summed E-state index contributed by atoms with van der Waals surface area (Å²) in [6.07, 6.45) is 9.00. The van der Waals surface area contributed by atoms with Crippen LogP contribution in [0.4, 0.5) is 0 Å². The minimum absolute atomic E-state index is 0.291. The molecular weight excluding hydrogens is 252 g/mol. The molecule has 1 N–H and O–H groups in total. The van der Waals surface area contributed by atoms with Crippen LogP contribution in [0.3, 0.4) is 0 Å². The van der Waals surface area contributed by atoms with Crippen LogP contribution < -0.4 is 5.32 Å². The first-order valence-corrected chi connectivity index (χ1v) is 8.39. The highest BCUT2D eigenvalue weighted by atomic mass is 16.5. The number of piperidine rings is 1. The molecule has 0 aromatic carbocycles. The van der Waals surface area contributed by atoms with Crippen LogP contribution in [0, 0.1) is 5.41 Å². The lowest BCUT2D eigenvalue weighted by molar-refractivity contribution is -0.173. The normalized spacial score (nSPS) is 31.8. The zero-order valence-corrected chi connectivity index (χ0v) is 12.7. The predicted octanol–water partition coefficient (Wildman–Crippen LogP) is 1.94. The average Bonchev–Trinajstić information content (AvgIpc) is 2.41. The van der Waals surface area contributed by atoms with Crippen LogP contribution in [0.1, 0.15) is 51.9 Å². The summed E-state index contributed by atoms with van der Waals surface area (Å²) >= 11 is 0. The second-order valence-corrected chi connectivity index (χ2v) is 6.64. The van der Waals surface area contributed by atoms with E-state index in [4.69, 9.17) is 4.74 Å². The predicted molar refractivity (Wildman–Crippen MR) is 78.5 cm³/mol. The Morgan fingerprint density at radius 1 is 1.25 bits per heavy atom. The number of carbonyl (C=O) groups excluding carboxylic acids is 1. The number of ether oxygens (including phenoxy) is 1. The van der Waals surface area contributed by atoms with Gasteiger partial charge in [0.05, 0.1) is 12.6 Å². The Morgan fingerprint density at radius 2 is 2.00 bits per heavy atom. The summed E-state index contributed by atoms with van der Waals surface area (Å²) in [4.78, 5) is 14.2. The fourth-order valence-electron chi connectivity index (χ4n) is 4.19. The molecule has 3 fully saturated rings. The molecule has 2 unspecified atom stereocenters. The number of amides is 1. The van der Waals surface area contributed by atoms with Crippen molar-refractivity contribution in [1.82, 2.24) is 10.2 Å². The summed E-state index contributed by atoms with van der Waals surface area (Å²) in [5.74, 6) is 0.291. The molecule has 0 aromatic heterocycles. The maximum absolute atomic E-state index is 12.2. The van der Waals surface area contributed by atoms with Gasteiger partial charge < -0.3 is 15.0 Å². The Labute approximate surface area is 122 Å². The zero-order valence-electron chi connectivity index (χ0n) is 12.7. The molecule has 3 aliphatic rings. The van der Waals surface area contributed by atoms with Crippen molar-refractivity contribution in [2.24, 2.45) is 5.41 Å². The van der Waals surface area contributed by atoms with Gasteiger partial charge in [0.25, 0.3) is 0 Å². The van der Waals surface area contributed by atoms with Gasteiger partial charge in [-0.25, -0.2) is 0 Å². The Hall–Kier alpha value is -0.610. The van der Waals surface area contributed by atoms with Crippen molar-refractivity contribution in [3.8, 4) is 0 Å². The first-order chi connectivity index (χ1) is 9.76. The molecule has 1 heterocycles. The number of carbonyl (C=O) groups is 1. The van der Waals surface area contributed by atoms with Gasteiger partial charge in [0, 0.05) is 31.2 Å². The molecule has 2 saturated carbocycles. The second kappa shape index (κ2) is 6.02. The van der Waals surface area contributed by atoms with Crippen LogP contribution in [-0.2, 0) is 9.53 Å². The summed E-state index contributed by atoms with van der Waals surface area (Å²) in [6, 6.07) is 0.501. The smallest absolute Gasteiger partial charge is 0.236 e. The molecular formula is C16H28N2O2. The molecule has 1 amide bonds. The molecule has 20 heavy (non-hydrogen) atoms. The van der Waals surface area contributed by atoms with E-state index in [2.05, 4.69) is 12.2 Å². The molecule has 4 heteroatoms. The summed E-state index contributed by atoms with van der Waals surface area (Å²) < 4.78 is 5.85. The van der Waals surface area contributed by atoms with E-state index in [0.717, 1.165) is 26.1 Å². The van der Waals surface area contributed by atoms with Crippen molar-refractivity contribution < 1.29 is 9.53 Å². The molecule has 1 saturated heterocycles. The van der Waals surface area contributed by atoms with Gasteiger partial charge in [-0.15, -0.1) is 0 Å². The van der Waals surface area contributed by atoms with Gasteiger partial charge in [-0.1, -0.05) is 6.42 Å². The summed E-state index contributed by atoms with van der Waals surface area (Å²) in [7, 11) is 0. The largest absolute Gasteiger partial charge is 0.378 e. The third-order valence-electron chi connectivity index (χ3n) is 5.65. The van der Waals surface area contributed by atoms with Gasteiger partial charge in [-0.3, -0.25) is 4.79 Å². The first kappa shape index (κ1) is 14.3. The van der Waals surface area contributed by atoms with E-state index in [1.165, 1.54) is 38.5 Å². The second-order valence-electron chi connectivity index (χ2n) is 6.64. The van der Waals surface area contributed by atoms with Gasteiger partial charge in [0.2, 0.25) is 5.91 Å². The molecule has 1 aliphatic heterocycles. The molecule has 0 aromatic rings. The molecule has 0 radical (unpaired) electrons. The van der Waals surface area contributed by atoms with Gasteiger partial charge >= 0.3 is 0 Å². The zero-order chi connectivity index (χ0) is 14.0. The third kappa shape index (κ3) is 2.48. The maximum Gasteiger partial charge on any atom is 0.236 e. The number of nitrogens with zero attached hydrogens (tertiary/aromatic N) is 1. The van der Waals surface area contributed by atoms with Crippen molar-refractivity contribution in [2.75, 3.05) is 26.2 Å². The molecule has 2 aliphatic carbocycles. The molecule has 1 spiro atoms. The highest BCUT2D eigenvalue weighted by molar-refractivity contribution is 5.78. The number of hydrogen-bond donors (Lipinski definition) is 1. The fraction of sp³-hybridized carbons (Fsp3) is 0.938. The van der Waals surface area contributed by atoms with Crippen molar-refractivity contribution in [3.63, 3.8) is 0 Å². The van der Waals surface area contributed by atoms with Gasteiger partial charge in [-0.05, 0) is 45.4 Å². The summed E-state index contributed by atoms with van der Waals surface area (Å²) in [5.41, 5.74) is 0.359. The third-order valence-corrected chi connectivity index (χ3v) is 5.65. The van der Waals surface area contributed by atoms with Crippen molar-refractivity contribution in [2.45, 2.75) is 64.0 Å². The fourth-order valence-corrected chi connectivity index (χ4v) is 4.19. The number of rotatable bonds is 5. The number of likely N-dealkylation sites (tertiary alicyclic amines) is 1. The minimum atomic E-state index is 0.291. The molecule has 2 atom stereocenters. The van der Waals surface area contributed by atoms with E-state index in [9.17, 15) is 4.79 Å². The van der Waals surface area contributed by atoms with E-state index < -0.39 is 0 Å². The first-order valence-electron chi connectivity index (χ1n) is 8.39. The SMILES string of the molecule is CCOC1CC(NCC(=O)N2CCCCC2)C12CCC2. The van der Waals surface area contributed by atoms with E-state index in [1.54, 1.807) is 0 Å². The van der Waals surface area contributed by atoms with Crippen LogP contribution in [0.15, 0.2) is 0 Å². The van der Waals surface area contributed by atoms with Crippen molar-refractivity contribution in [1.29, 1.82) is 0 Å². The van der Waals surface area contributed by atoms with E-state index in [1.807, 2.05) is 4.90 Å². The van der Waals surface area contributed by atoms with Crippen molar-refractivity contribution in [3.05, 3.63) is 0 Å². The van der Waals surface area contributed by atoms with Gasteiger partial charge in [0.15, 0.2) is 0 Å². The van der Waals surface area contributed by atoms with Crippen LogP contribution in [-0.4, -0.2) is 49.2 Å². The Balaban J connectivity index is 1.46. The Morgan fingerprint density at radius 3 is 2.60 bits per heavy atom. The van der Waals surface area contributed by atoms with Gasteiger partial charge in [0.1, 0.15) is 0 Å². The van der Waals surface area contributed by atoms with Crippen LogP contribution in [0.2, 0.25) is 0 Å². The summed E-state index contributed by atoms with van der Waals surface area (Å²) in [6.45, 7) is 5.32. The van der Waals surface area contributed by atoms with Crippen LogP contribution >= 0.6 is 0 Å². The van der Waals surface area contributed by atoms with E-state index >= 15 is 0 Å². The highest BCUT2D eigenvalue weighted by Crippen LogP contribution is 2.57. The number of nitrogens with one attached hydrogen (secondary N) is 1. The van der Waals surface area contributed by atoms with Crippen molar-refractivity contribution >= 4 is 5.91 Å². The lowest BCUT2D eigenvalue weighted by atomic mass is 9.51. The van der Waals surface area contributed by atoms with Gasteiger partial charge in [-0.2, -0.15) is 0 Å². The Bertz CT molecular complexity index is 348. The maximum atomic E-state index is 12.2. The monoisotopic (exact) mass is 280 g/mol. The van der Waals surface area contributed by atoms with E-state index in [0.29, 0.717) is 30.0 Å². The highest BCUT2D eigenvalue weighted by Gasteiger charge is 2.58. The molecule has 3 rings (SSSR count). The summed E-state index contributed by atoms with van der Waals surface area (Å²) in [5, 5.41) is 3.53. The topological polar surface area (TPSA) is 41.6 Å². The molecule has 114 valence electrons. The minimum Gasteiger partial charge on any atom is -0.378 e. The quantitative estimate of drug-likeness (QED) is 0.837. The Kier molecular flexibility index (Phi) is 4.32. The lowest BCUT2D eigenvalue weighted by Crippen LogP contribution is -2.67. The average molecular weight is 280 g/mol.